The average molecular weight is 382 g/mol. The smallest absolute Gasteiger partial charge is 0.252 e. The van der Waals surface area contributed by atoms with E-state index in [2.05, 4.69) is 27.5 Å². The highest BCUT2D eigenvalue weighted by Crippen LogP contribution is 2.18. The van der Waals surface area contributed by atoms with Crippen LogP contribution in [-0.2, 0) is 6.42 Å². The van der Waals surface area contributed by atoms with Crippen molar-refractivity contribution in [2.75, 3.05) is 0 Å². The zero-order valence-electron chi connectivity index (χ0n) is 16.2. The zero-order valence-corrected chi connectivity index (χ0v) is 16.2. The predicted octanol–water partition coefficient (Wildman–Crippen LogP) is 4.35. The molecule has 1 N–H and O–H groups in total. The molecular weight excluding hydrogens is 360 g/mol. The topological polar surface area (TPSA) is 59.8 Å². The summed E-state index contributed by atoms with van der Waals surface area (Å²) in [4.78, 5) is 16.9. The molecule has 5 nitrogen and oxygen atoms in total. The van der Waals surface area contributed by atoms with Gasteiger partial charge in [0.2, 0.25) is 0 Å². The van der Waals surface area contributed by atoms with E-state index in [4.69, 9.17) is 0 Å². The van der Waals surface area contributed by atoms with Crippen molar-refractivity contribution in [2.45, 2.75) is 19.4 Å². The van der Waals surface area contributed by atoms with Gasteiger partial charge in [0.15, 0.2) is 0 Å². The number of carbonyl (C=O) groups is 1. The van der Waals surface area contributed by atoms with E-state index < -0.39 is 0 Å². The summed E-state index contributed by atoms with van der Waals surface area (Å²) in [7, 11) is 0. The number of amides is 1. The standard InChI is InChI=1S/C24H22N4O/c1-18(20-11-13-22(14-12-20)28-17-25-16-26-28)27-24(29)23-10-6-5-9-21(23)15-19-7-3-2-4-8-19/h2-14,16-18H,15H2,1H3,(H,27,29). The molecule has 1 unspecified atom stereocenters. The van der Waals surface area contributed by atoms with Crippen molar-refractivity contribution in [3.8, 4) is 5.69 Å². The van der Waals surface area contributed by atoms with Gasteiger partial charge in [-0.05, 0) is 48.2 Å². The SMILES string of the molecule is CC(NC(=O)c1ccccc1Cc1ccccc1)c1ccc(-n2cncn2)cc1. The van der Waals surface area contributed by atoms with E-state index in [9.17, 15) is 4.79 Å². The summed E-state index contributed by atoms with van der Waals surface area (Å²) >= 11 is 0. The van der Waals surface area contributed by atoms with Gasteiger partial charge in [-0.3, -0.25) is 4.79 Å². The first-order valence-corrected chi connectivity index (χ1v) is 9.58. The first-order chi connectivity index (χ1) is 14.2. The van der Waals surface area contributed by atoms with Gasteiger partial charge in [0, 0.05) is 5.56 Å². The lowest BCUT2D eigenvalue weighted by Gasteiger charge is -2.16. The molecular formula is C24H22N4O. The van der Waals surface area contributed by atoms with Crippen molar-refractivity contribution in [1.29, 1.82) is 0 Å². The Labute approximate surface area is 170 Å². The molecule has 0 bridgehead atoms. The van der Waals surface area contributed by atoms with Crippen molar-refractivity contribution in [3.05, 3.63) is 114 Å². The molecule has 4 rings (SSSR count). The quantitative estimate of drug-likeness (QED) is 0.539. The molecule has 4 aromatic rings. The fourth-order valence-corrected chi connectivity index (χ4v) is 3.33. The molecule has 3 aromatic carbocycles. The highest BCUT2D eigenvalue weighted by Gasteiger charge is 2.15. The number of carbonyl (C=O) groups excluding carboxylic acids is 1. The number of hydrogen-bond donors (Lipinski definition) is 1. The van der Waals surface area contributed by atoms with E-state index in [1.54, 1.807) is 11.0 Å². The van der Waals surface area contributed by atoms with Gasteiger partial charge in [-0.2, -0.15) is 5.10 Å². The van der Waals surface area contributed by atoms with Crippen LogP contribution in [0.1, 0.15) is 40.0 Å². The molecule has 0 saturated heterocycles. The summed E-state index contributed by atoms with van der Waals surface area (Å²) in [6, 6.07) is 25.8. The Balaban J connectivity index is 1.48. The Morgan fingerprint density at radius 3 is 2.41 bits per heavy atom. The van der Waals surface area contributed by atoms with Crippen LogP contribution in [0.2, 0.25) is 0 Å². The Morgan fingerprint density at radius 2 is 1.69 bits per heavy atom. The number of aromatic nitrogens is 3. The second-order valence-electron chi connectivity index (χ2n) is 6.95. The van der Waals surface area contributed by atoms with Crippen molar-refractivity contribution < 1.29 is 4.79 Å². The third kappa shape index (κ3) is 4.41. The largest absolute Gasteiger partial charge is 0.346 e. The second kappa shape index (κ2) is 8.52. The number of hydrogen-bond acceptors (Lipinski definition) is 3. The summed E-state index contributed by atoms with van der Waals surface area (Å²) in [5, 5.41) is 7.25. The number of nitrogens with zero attached hydrogens (tertiary/aromatic N) is 3. The maximum atomic E-state index is 13.0. The van der Waals surface area contributed by atoms with Crippen LogP contribution in [0.4, 0.5) is 0 Å². The van der Waals surface area contributed by atoms with E-state index in [0.717, 1.165) is 23.2 Å². The molecule has 0 aliphatic rings. The van der Waals surface area contributed by atoms with E-state index in [-0.39, 0.29) is 11.9 Å². The lowest BCUT2D eigenvalue weighted by atomic mass is 9.99. The molecule has 0 radical (unpaired) electrons. The van der Waals surface area contributed by atoms with Crippen LogP contribution >= 0.6 is 0 Å². The fraction of sp³-hybridized carbons (Fsp3) is 0.125. The maximum absolute atomic E-state index is 13.0. The van der Waals surface area contributed by atoms with Crippen molar-refractivity contribution in [2.24, 2.45) is 0 Å². The number of benzene rings is 3. The highest BCUT2D eigenvalue weighted by molar-refractivity contribution is 5.96. The van der Waals surface area contributed by atoms with Gasteiger partial charge in [0.1, 0.15) is 12.7 Å². The van der Waals surface area contributed by atoms with Gasteiger partial charge in [-0.15, -0.1) is 0 Å². The lowest BCUT2D eigenvalue weighted by molar-refractivity contribution is 0.0939. The monoisotopic (exact) mass is 382 g/mol. The third-order valence-corrected chi connectivity index (χ3v) is 4.92. The van der Waals surface area contributed by atoms with Crippen LogP contribution in [-0.4, -0.2) is 20.7 Å². The van der Waals surface area contributed by atoms with Gasteiger partial charge in [-0.1, -0.05) is 60.7 Å². The normalized spacial score (nSPS) is 11.8. The molecule has 1 atom stereocenters. The predicted molar refractivity (Wildman–Crippen MR) is 113 cm³/mol. The minimum Gasteiger partial charge on any atom is -0.346 e. The molecule has 29 heavy (non-hydrogen) atoms. The first kappa shape index (κ1) is 18.6. The molecule has 0 aliphatic carbocycles. The van der Waals surface area contributed by atoms with Crippen LogP contribution in [0.15, 0.2) is 91.5 Å². The molecule has 0 aliphatic heterocycles. The van der Waals surface area contributed by atoms with Gasteiger partial charge in [0.25, 0.3) is 5.91 Å². The molecule has 1 amide bonds. The summed E-state index contributed by atoms with van der Waals surface area (Å²) in [6.45, 7) is 1.99. The zero-order chi connectivity index (χ0) is 20.1. The van der Waals surface area contributed by atoms with Crippen LogP contribution < -0.4 is 5.32 Å². The van der Waals surface area contributed by atoms with Crippen LogP contribution in [0, 0.1) is 0 Å². The van der Waals surface area contributed by atoms with E-state index >= 15 is 0 Å². The Kier molecular flexibility index (Phi) is 5.47. The van der Waals surface area contributed by atoms with E-state index in [1.165, 1.54) is 11.9 Å². The van der Waals surface area contributed by atoms with E-state index in [1.807, 2.05) is 73.7 Å². The summed E-state index contributed by atoms with van der Waals surface area (Å²) < 4.78 is 1.70. The van der Waals surface area contributed by atoms with Gasteiger partial charge in [-0.25, -0.2) is 9.67 Å². The van der Waals surface area contributed by atoms with Crippen LogP contribution in [0.3, 0.4) is 0 Å². The molecule has 0 spiro atoms. The van der Waals surface area contributed by atoms with Gasteiger partial charge >= 0.3 is 0 Å². The number of rotatable bonds is 6. The molecule has 1 aromatic heterocycles. The molecule has 0 saturated carbocycles. The average Bonchev–Trinajstić information content (AvgIpc) is 3.30. The molecule has 0 fully saturated rings. The first-order valence-electron chi connectivity index (χ1n) is 9.58. The van der Waals surface area contributed by atoms with Crippen LogP contribution in [0.5, 0.6) is 0 Å². The third-order valence-electron chi connectivity index (χ3n) is 4.92. The van der Waals surface area contributed by atoms with Crippen molar-refractivity contribution >= 4 is 5.91 Å². The van der Waals surface area contributed by atoms with Gasteiger partial charge in [0.05, 0.1) is 11.7 Å². The Morgan fingerprint density at radius 1 is 0.966 bits per heavy atom. The minimum absolute atomic E-state index is 0.0654. The van der Waals surface area contributed by atoms with Crippen LogP contribution in [0.25, 0.3) is 5.69 Å². The molecule has 5 heteroatoms. The summed E-state index contributed by atoms with van der Waals surface area (Å²) in [6.07, 6.45) is 3.89. The Hall–Kier alpha value is -3.73. The minimum atomic E-state index is -0.114. The van der Waals surface area contributed by atoms with Crippen molar-refractivity contribution in [3.63, 3.8) is 0 Å². The Bertz CT molecular complexity index is 1070. The fourth-order valence-electron chi connectivity index (χ4n) is 3.33. The second-order valence-corrected chi connectivity index (χ2v) is 6.95. The highest BCUT2D eigenvalue weighted by atomic mass is 16.1. The lowest BCUT2D eigenvalue weighted by Crippen LogP contribution is -2.27. The maximum Gasteiger partial charge on any atom is 0.252 e. The molecule has 1 heterocycles. The molecule has 144 valence electrons. The van der Waals surface area contributed by atoms with Crippen molar-refractivity contribution in [1.82, 2.24) is 20.1 Å². The van der Waals surface area contributed by atoms with Gasteiger partial charge < -0.3 is 5.32 Å². The number of nitrogens with one attached hydrogen (secondary N) is 1. The summed E-state index contributed by atoms with van der Waals surface area (Å²) in [5.74, 6) is -0.0654. The summed E-state index contributed by atoms with van der Waals surface area (Å²) in [5.41, 5.74) is 4.87. The van der Waals surface area contributed by atoms with E-state index in [0.29, 0.717) is 5.56 Å².